The summed E-state index contributed by atoms with van der Waals surface area (Å²) in [7, 11) is -3.18. The van der Waals surface area contributed by atoms with E-state index in [-0.39, 0.29) is 11.8 Å². The average Bonchev–Trinajstić information content (AvgIpc) is 3.02. The Hall–Kier alpha value is -0.960. The zero-order chi connectivity index (χ0) is 16.3. The van der Waals surface area contributed by atoms with Crippen molar-refractivity contribution >= 4 is 10.0 Å². The van der Waals surface area contributed by atoms with Crippen LogP contribution in [0, 0.1) is 5.92 Å². The van der Waals surface area contributed by atoms with Gasteiger partial charge in [0.25, 0.3) is 0 Å². The van der Waals surface area contributed by atoms with Crippen molar-refractivity contribution < 1.29 is 13.2 Å². The van der Waals surface area contributed by atoms with E-state index in [9.17, 15) is 8.42 Å². The van der Waals surface area contributed by atoms with Crippen LogP contribution in [0.25, 0.3) is 0 Å². The fraction of sp³-hybridized carbons (Fsp3) is 0.800. The molecule has 3 rings (SSSR count). The normalized spacial score (nSPS) is 23.8. The Labute approximate surface area is 138 Å². The third-order valence-corrected chi connectivity index (χ3v) is 6.10. The second-order valence-corrected chi connectivity index (χ2v) is 8.52. The summed E-state index contributed by atoms with van der Waals surface area (Å²) in [6.45, 7) is 6.53. The molecule has 0 amide bonds. The molecule has 1 saturated heterocycles. The summed E-state index contributed by atoms with van der Waals surface area (Å²) >= 11 is 0. The average molecular weight is 342 g/mol. The van der Waals surface area contributed by atoms with Gasteiger partial charge in [-0.25, -0.2) is 13.1 Å². The maximum absolute atomic E-state index is 11.7. The first kappa shape index (κ1) is 16.9. The summed E-state index contributed by atoms with van der Waals surface area (Å²) in [5, 5.41) is 4.38. The van der Waals surface area contributed by atoms with Crippen LogP contribution in [0.5, 0.6) is 0 Å². The zero-order valence-corrected chi connectivity index (χ0v) is 14.5. The Morgan fingerprint density at radius 2 is 2.17 bits per heavy atom. The number of ether oxygens (including phenoxy) is 1. The van der Waals surface area contributed by atoms with Gasteiger partial charge in [0.15, 0.2) is 0 Å². The van der Waals surface area contributed by atoms with E-state index in [0.717, 1.165) is 51.4 Å². The predicted octanol–water partition coefficient (Wildman–Crippen LogP) is 0.606. The highest BCUT2D eigenvalue weighted by atomic mass is 32.2. The molecule has 7 nitrogen and oxygen atoms in total. The smallest absolute Gasteiger partial charge is 0.211 e. The molecular weight excluding hydrogens is 316 g/mol. The fourth-order valence-electron chi connectivity index (χ4n) is 3.37. The fourth-order valence-corrected chi connectivity index (χ4v) is 4.02. The van der Waals surface area contributed by atoms with Gasteiger partial charge in [-0.15, -0.1) is 0 Å². The van der Waals surface area contributed by atoms with Crippen molar-refractivity contribution in [1.82, 2.24) is 19.4 Å². The van der Waals surface area contributed by atoms with Crippen LogP contribution in [0.3, 0.4) is 0 Å². The largest absolute Gasteiger partial charge is 0.381 e. The van der Waals surface area contributed by atoms with Crippen LogP contribution in [-0.4, -0.2) is 61.7 Å². The molecule has 0 aromatic carbocycles. The molecule has 0 saturated carbocycles. The van der Waals surface area contributed by atoms with Crippen molar-refractivity contribution in [2.75, 3.05) is 38.6 Å². The topological polar surface area (TPSA) is 76.5 Å². The van der Waals surface area contributed by atoms with Crippen molar-refractivity contribution in [3.05, 3.63) is 18.0 Å². The molecule has 130 valence electrons. The Balaban J connectivity index is 1.64. The third kappa shape index (κ3) is 4.32. The molecule has 8 heteroatoms. The van der Waals surface area contributed by atoms with Crippen LogP contribution in [0.1, 0.15) is 31.5 Å². The molecule has 1 atom stereocenters. The van der Waals surface area contributed by atoms with Gasteiger partial charge in [0.1, 0.15) is 0 Å². The maximum atomic E-state index is 11.7. The summed E-state index contributed by atoms with van der Waals surface area (Å²) in [5.41, 5.74) is 1.16. The lowest BCUT2D eigenvalue weighted by Crippen LogP contribution is -2.45. The molecule has 2 aliphatic rings. The summed E-state index contributed by atoms with van der Waals surface area (Å²) in [6.07, 6.45) is 4.03. The second kappa shape index (κ2) is 7.29. The molecule has 1 fully saturated rings. The van der Waals surface area contributed by atoms with Gasteiger partial charge in [-0.2, -0.15) is 5.10 Å². The Kier molecular flexibility index (Phi) is 5.35. The van der Waals surface area contributed by atoms with Crippen LogP contribution in [0.2, 0.25) is 0 Å². The van der Waals surface area contributed by atoms with E-state index in [1.165, 1.54) is 0 Å². The van der Waals surface area contributed by atoms with Gasteiger partial charge in [0, 0.05) is 45.6 Å². The standard InChI is InChI=1S/C15H26N4O3S/c1-2-23(20,21)17-9-15-12-18(10-13-4-7-22-8-5-13)11-14-3-6-16-19(14)15/h3,6,13,15,17H,2,4-5,7-12H2,1H3. The number of hydrogen-bond donors (Lipinski definition) is 1. The molecule has 0 spiro atoms. The molecular formula is C15H26N4O3S. The van der Waals surface area contributed by atoms with E-state index in [1.807, 2.05) is 10.7 Å². The summed E-state index contributed by atoms with van der Waals surface area (Å²) in [6, 6.07) is 2.08. The van der Waals surface area contributed by atoms with E-state index >= 15 is 0 Å². The minimum Gasteiger partial charge on any atom is -0.381 e. The van der Waals surface area contributed by atoms with Gasteiger partial charge in [-0.3, -0.25) is 9.58 Å². The molecule has 2 aliphatic heterocycles. The van der Waals surface area contributed by atoms with E-state index in [1.54, 1.807) is 13.1 Å². The number of hydrogen-bond acceptors (Lipinski definition) is 5. The number of rotatable bonds is 6. The molecule has 1 aromatic rings. The molecule has 3 heterocycles. The maximum Gasteiger partial charge on any atom is 0.211 e. The Morgan fingerprint density at radius 1 is 1.39 bits per heavy atom. The highest BCUT2D eigenvalue weighted by Crippen LogP contribution is 2.23. The van der Waals surface area contributed by atoms with Gasteiger partial charge in [0.05, 0.1) is 17.5 Å². The molecule has 1 aromatic heterocycles. The SMILES string of the molecule is CCS(=O)(=O)NCC1CN(CC2CCOCC2)Cc2ccnn21. The zero-order valence-electron chi connectivity index (χ0n) is 13.6. The summed E-state index contributed by atoms with van der Waals surface area (Å²) in [5.74, 6) is 0.781. The molecule has 23 heavy (non-hydrogen) atoms. The lowest BCUT2D eigenvalue weighted by molar-refractivity contribution is 0.0449. The van der Waals surface area contributed by atoms with Crippen molar-refractivity contribution in [1.29, 1.82) is 0 Å². The van der Waals surface area contributed by atoms with Crippen LogP contribution < -0.4 is 4.72 Å². The third-order valence-electron chi connectivity index (χ3n) is 4.73. The van der Waals surface area contributed by atoms with E-state index in [2.05, 4.69) is 14.7 Å². The van der Waals surface area contributed by atoms with Crippen molar-refractivity contribution in [2.24, 2.45) is 5.92 Å². The molecule has 1 N–H and O–H groups in total. The van der Waals surface area contributed by atoms with Crippen molar-refractivity contribution in [2.45, 2.75) is 32.4 Å². The van der Waals surface area contributed by atoms with E-state index < -0.39 is 10.0 Å². The molecule has 0 bridgehead atoms. The minimum absolute atomic E-state index is 0.0508. The molecule has 0 aliphatic carbocycles. The Morgan fingerprint density at radius 3 is 2.91 bits per heavy atom. The number of nitrogens with one attached hydrogen (secondary N) is 1. The highest BCUT2D eigenvalue weighted by Gasteiger charge is 2.28. The lowest BCUT2D eigenvalue weighted by Gasteiger charge is -2.36. The van der Waals surface area contributed by atoms with Gasteiger partial charge >= 0.3 is 0 Å². The highest BCUT2D eigenvalue weighted by molar-refractivity contribution is 7.89. The minimum atomic E-state index is -3.18. The number of nitrogens with zero attached hydrogens (tertiary/aromatic N) is 3. The van der Waals surface area contributed by atoms with Crippen LogP contribution in [0.4, 0.5) is 0 Å². The first-order valence-corrected chi connectivity index (χ1v) is 10.0. The van der Waals surface area contributed by atoms with Gasteiger partial charge in [-0.05, 0) is 31.7 Å². The van der Waals surface area contributed by atoms with E-state index in [0.29, 0.717) is 12.5 Å². The lowest BCUT2D eigenvalue weighted by atomic mass is 9.99. The Bertz CT molecular complexity index is 610. The number of fused-ring (bicyclic) bond motifs is 1. The van der Waals surface area contributed by atoms with Gasteiger partial charge < -0.3 is 4.74 Å². The quantitative estimate of drug-likeness (QED) is 0.819. The van der Waals surface area contributed by atoms with Gasteiger partial charge in [-0.1, -0.05) is 0 Å². The summed E-state index contributed by atoms with van der Waals surface area (Å²) in [4.78, 5) is 2.43. The first-order chi connectivity index (χ1) is 11.1. The molecule has 0 radical (unpaired) electrons. The first-order valence-electron chi connectivity index (χ1n) is 8.37. The van der Waals surface area contributed by atoms with E-state index in [4.69, 9.17) is 4.74 Å². The predicted molar refractivity (Wildman–Crippen MR) is 87.5 cm³/mol. The van der Waals surface area contributed by atoms with Crippen molar-refractivity contribution in [3.8, 4) is 0 Å². The number of aromatic nitrogens is 2. The second-order valence-electron chi connectivity index (χ2n) is 6.42. The van der Waals surface area contributed by atoms with Crippen LogP contribution in [-0.2, 0) is 21.3 Å². The molecule has 1 unspecified atom stereocenters. The van der Waals surface area contributed by atoms with Crippen molar-refractivity contribution in [3.63, 3.8) is 0 Å². The number of sulfonamides is 1. The van der Waals surface area contributed by atoms with Crippen LogP contribution >= 0.6 is 0 Å². The monoisotopic (exact) mass is 342 g/mol. The van der Waals surface area contributed by atoms with Crippen LogP contribution in [0.15, 0.2) is 12.3 Å². The summed E-state index contributed by atoms with van der Waals surface area (Å²) < 4.78 is 33.5. The van der Waals surface area contributed by atoms with Gasteiger partial charge in [0.2, 0.25) is 10.0 Å².